The second kappa shape index (κ2) is 14.2. The zero-order valence-corrected chi connectivity index (χ0v) is 34.9. The molecule has 0 aliphatic rings. The fourth-order valence-electron chi connectivity index (χ4n) is 9.74. The van der Waals surface area contributed by atoms with E-state index < -0.39 is 0 Å². The quantitative estimate of drug-likeness (QED) is 0.150. The predicted molar refractivity (Wildman–Crippen MR) is 258 cm³/mol. The Bertz CT molecular complexity index is 3380. The molecule has 0 saturated heterocycles. The van der Waals surface area contributed by atoms with Gasteiger partial charge in [-0.2, -0.15) is 0 Å². The Labute approximate surface area is 358 Å². The lowest BCUT2D eigenvalue weighted by Gasteiger charge is -2.11. The van der Waals surface area contributed by atoms with Crippen LogP contribution in [0.3, 0.4) is 0 Å². The Kier molecular flexibility index (Phi) is 8.32. The van der Waals surface area contributed by atoms with Crippen molar-refractivity contribution in [1.29, 1.82) is 0 Å². The van der Waals surface area contributed by atoms with Gasteiger partial charge in [-0.25, -0.2) is 0 Å². The molecule has 0 unspecified atom stereocenters. The minimum atomic E-state index is 1.00. The minimum absolute atomic E-state index is 1.00. The smallest absolute Gasteiger partial charge is 0.0803 e. The molecule has 0 fully saturated rings. The Morgan fingerprint density at radius 2 is 0.623 bits per heavy atom. The summed E-state index contributed by atoms with van der Waals surface area (Å²) in [5.41, 5.74) is 17.2. The Balaban J connectivity index is 0.928. The van der Waals surface area contributed by atoms with Gasteiger partial charge in [0.1, 0.15) is 0 Å². The summed E-state index contributed by atoms with van der Waals surface area (Å²) < 4.78 is 9.83. The molecule has 0 bridgehead atoms. The molecule has 292 valence electrons. The summed E-state index contributed by atoms with van der Waals surface area (Å²) in [6, 6.07) is 71.5. The highest BCUT2D eigenvalue weighted by Crippen LogP contribution is 2.43. The zero-order valence-electron chi connectivity index (χ0n) is 34.1. The van der Waals surface area contributed by atoms with Gasteiger partial charge < -0.3 is 18.3 Å². The van der Waals surface area contributed by atoms with Gasteiger partial charge in [-0.3, -0.25) is 0 Å². The molecule has 12 rings (SSSR count). The number of benzene rings is 8. The second-order valence-electron chi connectivity index (χ2n) is 15.9. The zero-order chi connectivity index (χ0) is 40.6. The fraction of sp³-hybridized carbons (Fsp3) is 0.0714. The van der Waals surface area contributed by atoms with Crippen molar-refractivity contribution in [3.63, 3.8) is 0 Å². The highest BCUT2D eigenvalue weighted by molar-refractivity contribution is 7.99. The molecule has 0 atom stereocenters. The molecule has 0 saturated carbocycles. The summed E-state index contributed by atoms with van der Waals surface area (Å²) in [5, 5.41) is 4.99. The number of para-hydroxylation sites is 4. The molecule has 4 nitrogen and oxygen atoms in total. The Hall–Kier alpha value is -7.21. The van der Waals surface area contributed by atoms with Crippen LogP contribution in [-0.4, -0.2) is 18.3 Å². The van der Waals surface area contributed by atoms with Crippen molar-refractivity contribution in [2.24, 2.45) is 0 Å². The molecule has 12 aromatic rings. The highest BCUT2D eigenvalue weighted by Gasteiger charge is 2.23. The normalized spacial score (nSPS) is 12.0. The van der Waals surface area contributed by atoms with E-state index in [4.69, 9.17) is 0 Å². The molecule has 61 heavy (non-hydrogen) atoms. The average Bonchev–Trinajstić information content (AvgIpc) is 4.05. The van der Waals surface area contributed by atoms with E-state index in [1.54, 1.807) is 11.8 Å². The number of nitrogens with zero attached hydrogens (tertiary/aromatic N) is 4. The highest BCUT2D eigenvalue weighted by atomic mass is 32.2. The van der Waals surface area contributed by atoms with E-state index in [1.165, 1.54) is 98.0 Å². The van der Waals surface area contributed by atoms with Crippen LogP contribution < -0.4 is 0 Å². The van der Waals surface area contributed by atoms with Gasteiger partial charge in [-0.1, -0.05) is 123 Å². The first-order valence-corrected chi connectivity index (χ1v) is 22.1. The third kappa shape index (κ3) is 5.54. The van der Waals surface area contributed by atoms with Gasteiger partial charge in [0.05, 0.1) is 44.1 Å². The molecule has 0 amide bonds. The molecule has 0 aliphatic carbocycles. The predicted octanol–water partition coefficient (Wildman–Crippen LogP) is 15.0. The monoisotopic (exact) mass is 802 g/mol. The molecule has 0 spiro atoms. The summed E-state index contributed by atoms with van der Waals surface area (Å²) in [6.07, 6.45) is 2.00. The molecular weight excluding hydrogens is 761 g/mol. The van der Waals surface area contributed by atoms with Gasteiger partial charge in [-0.05, 0) is 121 Å². The minimum Gasteiger partial charge on any atom is -0.307 e. The molecule has 5 heteroatoms. The summed E-state index contributed by atoms with van der Waals surface area (Å²) >= 11 is 1.80. The van der Waals surface area contributed by atoms with E-state index in [-0.39, 0.29) is 0 Å². The molecule has 0 radical (unpaired) electrons. The van der Waals surface area contributed by atoms with Crippen LogP contribution in [0.5, 0.6) is 0 Å². The largest absolute Gasteiger partial charge is 0.307 e. The molecule has 4 heterocycles. The van der Waals surface area contributed by atoms with Crippen molar-refractivity contribution < 1.29 is 0 Å². The van der Waals surface area contributed by atoms with Gasteiger partial charge in [0.2, 0.25) is 0 Å². The van der Waals surface area contributed by atoms with E-state index in [9.17, 15) is 0 Å². The van der Waals surface area contributed by atoms with Crippen molar-refractivity contribution in [1.82, 2.24) is 18.3 Å². The maximum atomic E-state index is 2.46. The van der Waals surface area contributed by atoms with Crippen LogP contribution in [-0.2, 0) is 12.8 Å². The Morgan fingerprint density at radius 3 is 0.951 bits per heavy atom. The second-order valence-corrected chi connectivity index (χ2v) is 17.1. The molecule has 0 N–H and O–H groups in total. The van der Waals surface area contributed by atoms with Crippen molar-refractivity contribution in [2.45, 2.75) is 36.5 Å². The fourth-order valence-corrected chi connectivity index (χ4v) is 10.6. The van der Waals surface area contributed by atoms with Crippen molar-refractivity contribution in [3.05, 3.63) is 205 Å². The number of aryl methyl sites for hydroxylation is 2. The lowest BCUT2D eigenvalue weighted by molar-refractivity contribution is 1.11. The first-order chi connectivity index (χ1) is 30.2. The topological polar surface area (TPSA) is 19.7 Å². The van der Waals surface area contributed by atoms with Crippen LogP contribution in [0.2, 0.25) is 0 Å². The van der Waals surface area contributed by atoms with Crippen molar-refractivity contribution in [3.8, 4) is 22.7 Å². The van der Waals surface area contributed by atoms with E-state index in [2.05, 4.69) is 226 Å². The van der Waals surface area contributed by atoms with E-state index in [0.29, 0.717) is 0 Å². The van der Waals surface area contributed by atoms with Crippen molar-refractivity contribution in [2.75, 3.05) is 0 Å². The first kappa shape index (κ1) is 35.7. The van der Waals surface area contributed by atoms with E-state index in [1.807, 2.05) is 0 Å². The first-order valence-electron chi connectivity index (χ1n) is 21.3. The molecular formula is C56H42N4S. The lowest BCUT2D eigenvalue weighted by Crippen LogP contribution is -1.95. The van der Waals surface area contributed by atoms with E-state index >= 15 is 0 Å². The summed E-state index contributed by atoms with van der Waals surface area (Å²) in [7, 11) is 0. The SMILES string of the molecule is CCc1cccc(-n2c3ccccc3c3c2c2ccccc2n3-c2ccc(Sc3ccc(-n4c5ccccc5c5c4c4ccccc4n5-c4cccc(CC)c4)cc3)cc2)c1. The summed E-state index contributed by atoms with van der Waals surface area (Å²) in [6.45, 7) is 4.45. The number of hydrogen-bond donors (Lipinski definition) is 0. The Morgan fingerprint density at radius 1 is 0.311 bits per heavy atom. The van der Waals surface area contributed by atoms with Gasteiger partial charge in [0.15, 0.2) is 0 Å². The van der Waals surface area contributed by atoms with Gasteiger partial charge in [-0.15, -0.1) is 0 Å². The van der Waals surface area contributed by atoms with Gasteiger partial charge in [0, 0.05) is 54.1 Å². The molecule has 8 aromatic carbocycles. The van der Waals surface area contributed by atoms with Gasteiger partial charge >= 0.3 is 0 Å². The average molecular weight is 803 g/mol. The maximum absolute atomic E-state index is 2.46. The summed E-state index contributed by atoms with van der Waals surface area (Å²) in [5.74, 6) is 0. The van der Waals surface area contributed by atoms with Crippen LogP contribution in [0.1, 0.15) is 25.0 Å². The van der Waals surface area contributed by atoms with Crippen LogP contribution in [0.15, 0.2) is 204 Å². The molecule has 4 aromatic heterocycles. The van der Waals surface area contributed by atoms with E-state index in [0.717, 1.165) is 24.2 Å². The van der Waals surface area contributed by atoms with Crippen LogP contribution in [0.25, 0.3) is 88.4 Å². The van der Waals surface area contributed by atoms with Gasteiger partial charge in [0.25, 0.3) is 0 Å². The lowest BCUT2D eigenvalue weighted by atomic mass is 10.1. The third-order valence-electron chi connectivity index (χ3n) is 12.5. The standard InChI is InChI=1S/C56H42N4S/c1-3-37-15-13-17-41(35-37)59-51-25-11-7-21-47(51)53-55(59)45-19-5-9-23-49(45)57(53)39-27-31-43(32-28-39)61-44-33-29-40(30-34-44)58-50-24-10-6-20-46(50)56-54(58)48-22-8-12-26-52(48)60(56)42-18-14-16-38(4-2)36-42/h5-36H,3-4H2,1-2H3. The summed E-state index contributed by atoms with van der Waals surface area (Å²) in [4.78, 5) is 2.41. The number of hydrogen-bond acceptors (Lipinski definition) is 1. The maximum Gasteiger partial charge on any atom is 0.0803 e. The number of fused-ring (bicyclic) bond motifs is 10. The number of rotatable bonds is 8. The van der Waals surface area contributed by atoms with Crippen LogP contribution in [0, 0.1) is 0 Å². The molecule has 0 aliphatic heterocycles. The van der Waals surface area contributed by atoms with Crippen molar-refractivity contribution >= 4 is 77.4 Å². The van der Waals surface area contributed by atoms with Crippen LogP contribution in [0.4, 0.5) is 0 Å². The third-order valence-corrected chi connectivity index (χ3v) is 13.5. The number of aromatic nitrogens is 4. The van der Waals surface area contributed by atoms with Crippen LogP contribution >= 0.6 is 11.8 Å².